The molecule has 0 amide bonds. The van der Waals surface area contributed by atoms with Crippen molar-refractivity contribution in [3.63, 3.8) is 0 Å². The van der Waals surface area contributed by atoms with Gasteiger partial charge in [0, 0.05) is 16.2 Å². The number of benzene rings is 2. The maximum absolute atomic E-state index is 2.26. The maximum atomic E-state index is 2.26. The predicted octanol–water partition coefficient (Wildman–Crippen LogP) is 5.62. The normalized spacial score (nSPS) is 10.7. The van der Waals surface area contributed by atoms with E-state index in [1.165, 1.54) is 32.0 Å². The molecule has 0 bridgehead atoms. The third-order valence-electron chi connectivity index (χ3n) is 3.62. The quantitative estimate of drug-likeness (QED) is 0.583. The summed E-state index contributed by atoms with van der Waals surface area (Å²) in [7, 11) is 0. The number of hydrogen-bond acceptors (Lipinski definition) is 1. The lowest BCUT2D eigenvalue weighted by molar-refractivity contribution is 1.19. The molecule has 0 radical (unpaired) electrons. The molecule has 3 aromatic rings. The Kier molecular flexibility index (Phi) is 3.70. The summed E-state index contributed by atoms with van der Waals surface area (Å²) in [6.07, 6.45) is 1.03. The van der Waals surface area contributed by atoms with Crippen LogP contribution in [-0.2, 0) is 6.42 Å². The van der Waals surface area contributed by atoms with Gasteiger partial charge >= 0.3 is 0 Å². The van der Waals surface area contributed by atoms with Crippen LogP contribution in [0.3, 0.4) is 0 Å². The summed E-state index contributed by atoms with van der Waals surface area (Å²) in [5.74, 6) is 0. The van der Waals surface area contributed by atoms with Crippen LogP contribution in [0, 0.1) is 13.8 Å². The van der Waals surface area contributed by atoms with E-state index in [2.05, 4.69) is 74.5 Å². The molecular weight excluding hydrogens is 260 g/mol. The van der Waals surface area contributed by atoms with Crippen LogP contribution < -0.4 is 0 Å². The first kappa shape index (κ1) is 13.1. The van der Waals surface area contributed by atoms with E-state index in [1.807, 2.05) is 11.3 Å². The smallest absolute Gasteiger partial charge is 0.0345 e. The molecule has 0 saturated carbocycles. The molecule has 100 valence electrons. The molecule has 0 nitrogen and oxygen atoms in total. The van der Waals surface area contributed by atoms with Crippen molar-refractivity contribution in [3.8, 4) is 10.4 Å². The van der Waals surface area contributed by atoms with Crippen LogP contribution in [0.5, 0.6) is 0 Å². The average molecular weight is 278 g/mol. The molecule has 1 heterocycles. The van der Waals surface area contributed by atoms with Crippen molar-refractivity contribution in [2.75, 3.05) is 0 Å². The fourth-order valence-electron chi connectivity index (χ4n) is 2.34. The Morgan fingerprint density at radius 3 is 2.30 bits per heavy atom. The van der Waals surface area contributed by atoms with Crippen molar-refractivity contribution in [3.05, 3.63) is 82.2 Å². The van der Waals surface area contributed by atoms with Crippen LogP contribution in [0.2, 0.25) is 0 Å². The van der Waals surface area contributed by atoms with Crippen molar-refractivity contribution in [2.24, 2.45) is 0 Å². The zero-order chi connectivity index (χ0) is 13.9. The van der Waals surface area contributed by atoms with Crippen LogP contribution in [0.4, 0.5) is 0 Å². The molecule has 0 aliphatic heterocycles. The Balaban J connectivity index is 1.84. The largest absolute Gasteiger partial charge is 0.140 e. The predicted molar refractivity (Wildman–Crippen MR) is 88.5 cm³/mol. The van der Waals surface area contributed by atoms with E-state index in [4.69, 9.17) is 0 Å². The zero-order valence-corrected chi connectivity index (χ0v) is 12.7. The monoisotopic (exact) mass is 278 g/mol. The van der Waals surface area contributed by atoms with Gasteiger partial charge in [0.05, 0.1) is 0 Å². The highest BCUT2D eigenvalue weighted by Crippen LogP contribution is 2.30. The molecule has 1 aromatic heterocycles. The van der Waals surface area contributed by atoms with E-state index in [0.717, 1.165) is 6.42 Å². The van der Waals surface area contributed by atoms with E-state index in [0.29, 0.717) is 0 Å². The van der Waals surface area contributed by atoms with Gasteiger partial charge in [0.25, 0.3) is 0 Å². The van der Waals surface area contributed by atoms with Gasteiger partial charge in [0.15, 0.2) is 0 Å². The first-order valence-corrected chi connectivity index (χ1v) is 7.74. The van der Waals surface area contributed by atoms with Gasteiger partial charge in [-0.25, -0.2) is 0 Å². The van der Waals surface area contributed by atoms with E-state index in [9.17, 15) is 0 Å². The van der Waals surface area contributed by atoms with Gasteiger partial charge in [0.1, 0.15) is 0 Å². The zero-order valence-electron chi connectivity index (χ0n) is 11.9. The lowest BCUT2D eigenvalue weighted by atomic mass is 10.1. The molecule has 0 aliphatic rings. The SMILES string of the molecule is Cc1ccc(-c2ccc(Cc3ccccc3C)s2)cc1. The first-order chi connectivity index (χ1) is 9.72. The van der Waals surface area contributed by atoms with E-state index < -0.39 is 0 Å². The highest BCUT2D eigenvalue weighted by molar-refractivity contribution is 7.15. The minimum Gasteiger partial charge on any atom is -0.140 e. The Morgan fingerprint density at radius 1 is 0.800 bits per heavy atom. The number of thiophene rings is 1. The second-order valence-electron chi connectivity index (χ2n) is 5.24. The fraction of sp³-hybridized carbons (Fsp3) is 0.158. The summed E-state index contributed by atoms with van der Waals surface area (Å²) in [6.45, 7) is 4.31. The molecule has 3 rings (SSSR count). The number of hydrogen-bond donors (Lipinski definition) is 0. The van der Waals surface area contributed by atoms with Crippen molar-refractivity contribution < 1.29 is 0 Å². The molecule has 20 heavy (non-hydrogen) atoms. The van der Waals surface area contributed by atoms with Crippen molar-refractivity contribution in [1.82, 2.24) is 0 Å². The second-order valence-corrected chi connectivity index (χ2v) is 6.40. The third kappa shape index (κ3) is 2.83. The second kappa shape index (κ2) is 5.64. The molecule has 0 spiro atoms. The van der Waals surface area contributed by atoms with Gasteiger partial charge in [-0.3, -0.25) is 0 Å². The summed E-state index contributed by atoms with van der Waals surface area (Å²) in [5, 5.41) is 0. The Labute approximate surface area is 124 Å². The summed E-state index contributed by atoms with van der Waals surface area (Å²) in [6, 6.07) is 21.9. The van der Waals surface area contributed by atoms with Gasteiger partial charge in [-0.05, 0) is 42.7 Å². The van der Waals surface area contributed by atoms with Gasteiger partial charge < -0.3 is 0 Å². The molecule has 0 atom stereocenters. The summed E-state index contributed by atoms with van der Waals surface area (Å²) in [4.78, 5) is 2.78. The fourth-order valence-corrected chi connectivity index (χ4v) is 3.38. The van der Waals surface area contributed by atoms with Gasteiger partial charge in [-0.2, -0.15) is 0 Å². The van der Waals surface area contributed by atoms with Crippen LogP contribution in [0.1, 0.15) is 21.6 Å². The van der Waals surface area contributed by atoms with Gasteiger partial charge in [-0.15, -0.1) is 11.3 Å². The lowest BCUT2D eigenvalue weighted by Gasteiger charge is -2.03. The Hall–Kier alpha value is -1.86. The molecule has 0 unspecified atom stereocenters. The molecule has 2 aromatic carbocycles. The Bertz CT molecular complexity index is 705. The molecule has 1 heteroatoms. The maximum Gasteiger partial charge on any atom is 0.0345 e. The lowest BCUT2D eigenvalue weighted by Crippen LogP contribution is -1.87. The van der Waals surface area contributed by atoms with E-state index >= 15 is 0 Å². The summed E-state index contributed by atoms with van der Waals surface area (Å²) < 4.78 is 0. The van der Waals surface area contributed by atoms with Crippen molar-refractivity contribution in [1.29, 1.82) is 0 Å². The summed E-state index contributed by atoms with van der Waals surface area (Å²) >= 11 is 1.90. The summed E-state index contributed by atoms with van der Waals surface area (Å²) in [5.41, 5.74) is 5.42. The van der Waals surface area contributed by atoms with Crippen LogP contribution in [0.15, 0.2) is 60.7 Å². The van der Waals surface area contributed by atoms with E-state index in [1.54, 1.807) is 0 Å². The number of aryl methyl sites for hydroxylation is 2. The topological polar surface area (TPSA) is 0 Å². The first-order valence-electron chi connectivity index (χ1n) is 6.92. The average Bonchev–Trinajstić information content (AvgIpc) is 2.91. The third-order valence-corrected chi connectivity index (χ3v) is 4.76. The Morgan fingerprint density at radius 2 is 1.55 bits per heavy atom. The molecule has 0 aliphatic carbocycles. The standard InChI is InChI=1S/C19H18S/c1-14-7-9-16(10-8-14)19-12-11-18(20-19)13-17-6-4-3-5-15(17)2/h3-12H,13H2,1-2H3. The van der Waals surface area contributed by atoms with Crippen molar-refractivity contribution >= 4 is 11.3 Å². The van der Waals surface area contributed by atoms with Crippen LogP contribution in [0.25, 0.3) is 10.4 Å². The highest BCUT2D eigenvalue weighted by Gasteiger charge is 2.05. The van der Waals surface area contributed by atoms with Crippen LogP contribution >= 0.6 is 11.3 Å². The van der Waals surface area contributed by atoms with E-state index in [-0.39, 0.29) is 0 Å². The van der Waals surface area contributed by atoms with Crippen molar-refractivity contribution in [2.45, 2.75) is 20.3 Å². The molecule has 0 saturated heterocycles. The molecular formula is C19H18S. The molecule has 0 N–H and O–H groups in total. The van der Waals surface area contributed by atoms with Gasteiger partial charge in [-0.1, -0.05) is 54.1 Å². The number of rotatable bonds is 3. The molecule has 0 fully saturated rings. The highest BCUT2D eigenvalue weighted by atomic mass is 32.1. The van der Waals surface area contributed by atoms with Crippen LogP contribution in [-0.4, -0.2) is 0 Å². The minimum atomic E-state index is 1.03. The van der Waals surface area contributed by atoms with Gasteiger partial charge in [0.2, 0.25) is 0 Å². The minimum absolute atomic E-state index is 1.03.